The molecule has 190 valence electrons. The molecular weight excluding hydrogens is 518 g/mol. The molecule has 0 unspecified atom stereocenters. The van der Waals surface area contributed by atoms with Gasteiger partial charge in [-0.3, -0.25) is 14.6 Å². The topological polar surface area (TPSA) is 95.2 Å². The van der Waals surface area contributed by atoms with Gasteiger partial charge >= 0.3 is 0 Å². The maximum atomic E-state index is 13.2. The Labute approximate surface area is 231 Å². The fraction of sp³-hybridized carbons (Fsp3) is 0.0345. The van der Waals surface area contributed by atoms with Crippen LogP contribution in [0.2, 0.25) is 5.02 Å². The third-order valence-electron chi connectivity index (χ3n) is 5.33. The van der Waals surface area contributed by atoms with Crippen LogP contribution in [-0.4, -0.2) is 21.9 Å². The summed E-state index contributed by atoms with van der Waals surface area (Å²) in [6.45, 7) is 0.192. The molecule has 4 rings (SSSR count). The zero-order chi connectivity index (χ0) is 26.7. The number of benzene rings is 3. The number of rotatable bonds is 8. The SMILES string of the molecule is O=C(NCc1ccccc1NC(=S)Nc1ccccc1)/C(=C/c1cccnc1)NC(=O)c1ccc(Cl)cc1. The highest BCUT2D eigenvalue weighted by Crippen LogP contribution is 2.17. The van der Waals surface area contributed by atoms with Gasteiger partial charge in [-0.05, 0) is 78.0 Å². The Bertz CT molecular complexity index is 1450. The lowest BCUT2D eigenvalue weighted by Crippen LogP contribution is -2.34. The molecule has 0 fully saturated rings. The Hall–Kier alpha value is -4.53. The van der Waals surface area contributed by atoms with Crippen molar-refractivity contribution >= 4 is 58.2 Å². The lowest BCUT2D eigenvalue weighted by molar-refractivity contribution is -0.117. The second kappa shape index (κ2) is 13.1. The minimum absolute atomic E-state index is 0.0738. The van der Waals surface area contributed by atoms with E-state index in [-0.39, 0.29) is 12.2 Å². The van der Waals surface area contributed by atoms with Gasteiger partial charge in [0.05, 0.1) is 0 Å². The molecule has 0 radical (unpaired) electrons. The number of aromatic nitrogens is 1. The number of anilines is 2. The molecule has 2 amide bonds. The fourth-order valence-corrected chi connectivity index (χ4v) is 3.81. The first-order chi connectivity index (χ1) is 18.5. The molecule has 1 aromatic heterocycles. The molecule has 0 aliphatic heterocycles. The van der Waals surface area contributed by atoms with E-state index in [1.807, 2.05) is 54.6 Å². The second-order valence-electron chi connectivity index (χ2n) is 8.09. The van der Waals surface area contributed by atoms with E-state index in [4.69, 9.17) is 23.8 Å². The summed E-state index contributed by atoms with van der Waals surface area (Å²) in [5.74, 6) is -0.901. The second-order valence-corrected chi connectivity index (χ2v) is 8.94. The molecule has 3 aromatic carbocycles. The minimum atomic E-state index is -0.462. The van der Waals surface area contributed by atoms with Crippen molar-refractivity contribution in [3.63, 3.8) is 0 Å². The first-order valence-electron chi connectivity index (χ1n) is 11.7. The van der Waals surface area contributed by atoms with Crippen LogP contribution in [0.5, 0.6) is 0 Å². The van der Waals surface area contributed by atoms with E-state index in [9.17, 15) is 9.59 Å². The van der Waals surface area contributed by atoms with Crippen LogP contribution in [0.25, 0.3) is 6.08 Å². The number of pyridine rings is 1. The molecular formula is C29H24ClN5O2S. The summed E-state index contributed by atoms with van der Waals surface area (Å²) < 4.78 is 0. The van der Waals surface area contributed by atoms with Gasteiger partial charge in [0.2, 0.25) is 0 Å². The van der Waals surface area contributed by atoms with Crippen LogP contribution in [0.15, 0.2) is 109 Å². The number of thiocarbonyl (C=S) groups is 1. The van der Waals surface area contributed by atoms with Gasteiger partial charge in [-0.15, -0.1) is 0 Å². The van der Waals surface area contributed by atoms with Crippen LogP contribution < -0.4 is 21.3 Å². The van der Waals surface area contributed by atoms with Crippen molar-refractivity contribution in [2.45, 2.75) is 6.54 Å². The Balaban J connectivity index is 1.47. The fourth-order valence-electron chi connectivity index (χ4n) is 3.46. The Kier molecular flexibility index (Phi) is 9.17. The van der Waals surface area contributed by atoms with Crippen LogP contribution >= 0.6 is 23.8 Å². The summed E-state index contributed by atoms with van der Waals surface area (Å²) in [6.07, 6.45) is 4.80. The first kappa shape index (κ1) is 26.5. The lowest BCUT2D eigenvalue weighted by atomic mass is 10.1. The molecule has 4 N–H and O–H groups in total. The monoisotopic (exact) mass is 541 g/mol. The lowest BCUT2D eigenvalue weighted by Gasteiger charge is -2.15. The van der Waals surface area contributed by atoms with Crippen LogP contribution in [0.4, 0.5) is 11.4 Å². The molecule has 0 spiro atoms. The number of nitrogens with one attached hydrogen (secondary N) is 4. The van der Waals surface area contributed by atoms with Gasteiger partial charge in [0.15, 0.2) is 5.11 Å². The van der Waals surface area contributed by atoms with Crippen molar-refractivity contribution in [3.8, 4) is 0 Å². The van der Waals surface area contributed by atoms with E-state index in [0.29, 0.717) is 21.3 Å². The third-order valence-corrected chi connectivity index (χ3v) is 5.79. The summed E-state index contributed by atoms with van der Waals surface area (Å²) in [7, 11) is 0. The van der Waals surface area contributed by atoms with Crippen molar-refractivity contribution in [2.24, 2.45) is 0 Å². The molecule has 0 aliphatic carbocycles. The quantitative estimate of drug-likeness (QED) is 0.170. The van der Waals surface area contributed by atoms with Crippen LogP contribution in [0, 0.1) is 0 Å². The number of hydrogen-bond donors (Lipinski definition) is 4. The highest BCUT2D eigenvalue weighted by Gasteiger charge is 2.15. The van der Waals surface area contributed by atoms with Gasteiger partial charge in [0, 0.05) is 40.9 Å². The van der Waals surface area contributed by atoms with Crippen molar-refractivity contribution < 1.29 is 9.59 Å². The van der Waals surface area contributed by atoms with E-state index in [2.05, 4.69) is 26.3 Å². The Morgan fingerprint density at radius 3 is 2.34 bits per heavy atom. The maximum Gasteiger partial charge on any atom is 0.268 e. The highest BCUT2D eigenvalue weighted by atomic mass is 35.5. The number of para-hydroxylation sites is 2. The molecule has 0 saturated heterocycles. The van der Waals surface area contributed by atoms with Crippen LogP contribution in [-0.2, 0) is 11.3 Å². The Morgan fingerprint density at radius 1 is 0.868 bits per heavy atom. The molecule has 38 heavy (non-hydrogen) atoms. The average Bonchev–Trinajstić information content (AvgIpc) is 2.93. The van der Waals surface area contributed by atoms with Crippen molar-refractivity contribution in [3.05, 3.63) is 131 Å². The summed E-state index contributed by atoms with van der Waals surface area (Å²) in [5.41, 5.74) is 3.51. The van der Waals surface area contributed by atoms with Gasteiger partial charge in [0.1, 0.15) is 5.70 Å². The molecule has 4 aromatic rings. The summed E-state index contributed by atoms with van der Waals surface area (Å²) in [6, 6.07) is 27.0. The predicted molar refractivity (Wildman–Crippen MR) is 156 cm³/mol. The number of nitrogens with zero attached hydrogens (tertiary/aromatic N) is 1. The summed E-state index contributed by atoms with van der Waals surface area (Å²) in [5, 5.41) is 12.8. The van der Waals surface area contributed by atoms with Crippen LogP contribution in [0.3, 0.4) is 0 Å². The minimum Gasteiger partial charge on any atom is -0.347 e. The molecule has 1 heterocycles. The van der Waals surface area contributed by atoms with Crippen molar-refractivity contribution in [2.75, 3.05) is 10.6 Å². The largest absolute Gasteiger partial charge is 0.347 e. The zero-order valence-electron chi connectivity index (χ0n) is 20.1. The molecule has 9 heteroatoms. The third kappa shape index (κ3) is 7.73. The standard InChI is InChI=1S/C29H24ClN5O2S/c30-23-14-12-21(13-15-23)27(36)34-26(17-20-7-6-16-31-18-20)28(37)32-19-22-8-4-5-11-25(22)35-29(38)33-24-9-2-1-3-10-24/h1-18H,19H2,(H,32,37)(H,34,36)(H2,33,35,38)/b26-17-. The van der Waals surface area contributed by atoms with E-state index in [1.165, 1.54) is 0 Å². The van der Waals surface area contributed by atoms with Gasteiger partial charge in [0.25, 0.3) is 11.8 Å². The van der Waals surface area contributed by atoms with E-state index in [0.717, 1.165) is 16.9 Å². The molecule has 7 nitrogen and oxygen atoms in total. The summed E-state index contributed by atoms with van der Waals surface area (Å²) >= 11 is 11.4. The number of halogens is 1. The van der Waals surface area contributed by atoms with E-state index in [1.54, 1.807) is 54.9 Å². The zero-order valence-corrected chi connectivity index (χ0v) is 21.7. The van der Waals surface area contributed by atoms with Crippen molar-refractivity contribution in [1.29, 1.82) is 0 Å². The predicted octanol–water partition coefficient (Wildman–Crippen LogP) is 5.63. The van der Waals surface area contributed by atoms with Crippen molar-refractivity contribution in [1.82, 2.24) is 15.6 Å². The normalized spacial score (nSPS) is 10.8. The average molecular weight is 542 g/mol. The number of hydrogen-bond acceptors (Lipinski definition) is 4. The number of carbonyl (C=O) groups is 2. The van der Waals surface area contributed by atoms with Gasteiger partial charge < -0.3 is 21.3 Å². The first-order valence-corrected chi connectivity index (χ1v) is 12.4. The van der Waals surface area contributed by atoms with E-state index >= 15 is 0 Å². The summed E-state index contributed by atoms with van der Waals surface area (Å²) in [4.78, 5) is 30.1. The smallest absolute Gasteiger partial charge is 0.268 e. The van der Waals surface area contributed by atoms with Crippen LogP contribution in [0.1, 0.15) is 21.5 Å². The van der Waals surface area contributed by atoms with Gasteiger partial charge in [-0.25, -0.2) is 0 Å². The number of amides is 2. The number of carbonyl (C=O) groups excluding carboxylic acids is 2. The molecule has 0 saturated carbocycles. The van der Waals surface area contributed by atoms with E-state index < -0.39 is 11.8 Å². The molecule has 0 atom stereocenters. The molecule has 0 bridgehead atoms. The highest BCUT2D eigenvalue weighted by molar-refractivity contribution is 7.80. The Morgan fingerprint density at radius 2 is 1.61 bits per heavy atom. The van der Waals surface area contributed by atoms with Gasteiger partial charge in [-0.1, -0.05) is 54.1 Å². The maximum absolute atomic E-state index is 13.2. The molecule has 0 aliphatic rings. The van der Waals surface area contributed by atoms with Gasteiger partial charge in [-0.2, -0.15) is 0 Å².